The van der Waals surface area contributed by atoms with Crippen molar-refractivity contribution in [2.24, 2.45) is 4.99 Å². The van der Waals surface area contributed by atoms with Crippen molar-refractivity contribution < 1.29 is 24.2 Å². The summed E-state index contributed by atoms with van der Waals surface area (Å²) in [6, 6.07) is 15.2. The van der Waals surface area contributed by atoms with Gasteiger partial charge in [0.2, 0.25) is 0 Å². The average molecular weight is 490 g/mol. The molecule has 0 saturated carbocycles. The van der Waals surface area contributed by atoms with Crippen LogP contribution in [0.25, 0.3) is 0 Å². The molecule has 0 radical (unpaired) electrons. The molecule has 8 nitrogen and oxygen atoms in total. The van der Waals surface area contributed by atoms with Crippen LogP contribution in [0, 0.1) is 0 Å². The third-order valence-electron chi connectivity index (χ3n) is 7.24. The number of allylic oxidation sites excluding steroid dienone is 2. The van der Waals surface area contributed by atoms with Crippen molar-refractivity contribution in [1.82, 2.24) is 9.80 Å². The summed E-state index contributed by atoms with van der Waals surface area (Å²) in [6.07, 6.45) is 2.01. The van der Waals surface area contributed by atoms with Gasteiger partial charge < -0.3 is 14.6 Å². The van der Waals surface area contributed by atoms with Gasteiger partial charge in [-0.3, -0.25) is 19.6 Å². The molecule has 36 heavy (non-hydrogen) atoms. The summed E-state index contributed by atoms with van der Waals surface area (Å²) in [5.74, 6) is 0.502. The van der Waals surface area contributed by atoms with E-state index in [1.54, 1.807) is 7.11 Å². The van der Waals surface area contributed by atoms with Gasteiger partial charge in [-0.15, -0.1) is 0 Å². The Hall–Kier alpha value is -3.49. The first-order valence-corrected chi connectivity index (χ1v) is 12.4. The van der Waals surface area contributed by atoms with Gasteiger partial charge in [0.15, 0.2) is 12.0 Å². The van der Waals surface area contributed by atoms with E-state index < -0.39 is 0 Å². The number of aliphatic hydroxyl groups excluding tert-OH is 1. The average Bonchev–Trinajstić information content (AvgIpc) is 3.24. The maximum atomic E-state index is 12.7. The number of piperazine rings is 1. The number of ether oxygens (including phenoxy) is 2. The van der Waals surface area contributed by atoms with Gasteiger partial charge in [-0.2, -0.15) is 0 Å². The fourth-order valence-corrected chi connectivity index (χ4v) is 5.14. The van der Waals surface area contributed by atoms with Crippen LogP contribution in [0.15, 0.2) is 64.9 Å². The van der Waals surface area contributed by atoms with Crippen LogP contribution in [0.1, 0.15) is 46.5 Å². The maximum absolute atomic E-state index is 12.7. The summed E-state index contributed by atoms with van der Waals surface area (Å²) in [5, 5.41) is 10.5. The molecular formula is C28H31N3O5. The van der Waals surface area contributed by atoms with Crippen LogP contribution in [-0.4, -0.2) is 79.3 Å². The minimum absolute atomic E-state index is 0.0389. The zero-order chi connectivity index (χ0) is 25.1. The number of aliphatic imine (C=N–C) groups is 1. The quantitative estimate of drug-likeness (QED) is 0.470. The normalized spacial score (nSPS) is 23.2. The lowest BCUT2D eigenvalue weighted by Crippen LogP contribution is -2.48. The minimum atomic E-state index is -0.303. The first kappa shape index (κ1) is 24.2. The van der Waals surface area contributed by atoms with Gasteiger partial charge in [0.1, 0.15) is 11.5 Å². The predicted molar refractivity (Wildman–Crippen MR) is 136 cm³/mol. The molecular weight excluding hydrogens is 458 g/mol. The van der Waals surface area contributed by atoms with Crippen molar-refractivity contribution >= 4 is 18.0 Å². The van der Waals surface area contributed by atoms with Gasteiger partial charge >= 0.3 is 5.97 Å². The summed E-state index contributed by atoms with van der Waals surface area (Å²) < 4.78 is 10.8. The number of hydrogen-bond acceptors (Lipinski definition) is 8. The zero-order valence-corrected chi connectivity index (χ0v) is 20.4. The first-order valence-electron chi connectivity index (χ1n) is 12.4. The topological polar surface area (TPSA) is 91.7 Å². The fraction of sp³-hybridized carbons (Fsp3) is 0.393. The van der Waals surface area contributed by atoms with E-state index in [1.165, 1.54) is 6.21 Å². The van der Waals surface area contributed by atoms with Crippen LogP contribution in [0.4, 0.5) is 0 Å². The number of rotatable bonds is 7. The number of benzene rings is 2. The lowest BCUT2D eigenvalue weighted by molar-refractivity contribution is -0.116. The van der Waals surface area contributed by atoms with Crippen molar-refractivity contribution in [3.05, 3.63) is 76.6 Å². The third kappa shape index (κ3) is 5.05. The number of fused-ring (bicyclic) bond motifs is 1. The van der Waals surface area contributed by atoms with Crippen LogP contribution in [0.2, 0.25) is 0 Å². The van der Waals surface area contributed by atoms with E-state index in [-0.39, 0.29) is 29.7 Å². The number of carbonyl (C=O) groups excluding carboxylic acids is 2. The molecule has 2 aromatic rings. The summed E-state index contributed by atoms with van der Waals surface area (Å²) in [6.45, 7) is 4.61. The van der Waals surface area contributed by atoms with Gasteiger partial charge in [-0.1, -0.05) is 30.3 Å². The fourth-order valence-electron chi connectivity index (χ4n) is 5.14. The molecule has 5 rings (SSSR count). The highest BCUT2D eigenvalue weighted by Gasteiger charge is 2.36. The molecule has 1 unspecified atom stereocenters. The number of Topliss-reactive ketones (excluding diaryl/α,β-unsaturated/α-hetero) is 1. The Morgan fingerprint density at radius 1 is 1.06 bits per heavy atom. The summed E-state index contributed by atoms with van der Waals surface area (Å²) in [7, 11) is 1.62. The molecule has 0 amide bonds. The minimum Gasteiger partial charge on any atom is -0.511 e. The largest absolute Gasteiger partial charge is 0.511 e. The molecule has 2 aliphatic heterocycles. The molecule has 1 fully saturated rings. The molecule has 1 aliphatic carbocycles. The molecule has 2 heterocycles. The Morgan fingerprint density at radius 2 is 1.81 bits per heavy atom. The van der Waals surface area contributed by atoms with Crippen LogP contribution in [-0.2, 0) is 9.53 Å². The smallest absolute Gasteiger partial charge is 0.340 e. The van der Waals surface area contributed by atoms with E-state index in [0.717, 1.165) is 49.6 Å². The van der Waals surface area contributed by atoms with Gasteiger partial charge in [0.05, 0.1) is 24.8 Å². The van der Waals surface area contributed by atoms with Gasteiger partial charge in [0.25, 0.3) is 0 Å². The summed E-state index contributed by atoms with van der Waals surface area (Å²) >= 11 is 0. The van der Waals surface area contributed by atoms with Crippen molar-refractivity contribution in [2.75, 3.05) is 46.4 Å². The Kier molecular flexibility index (Phi) is 7.16. The highest BCUT2D eigenvalue weighted by molar-refractivity contribution is 6.14. The number of hydrogen-bond donors (Lipinski definition) is 1. The lowest BCUT2D eigenvalue weighted by atomic mass is 9.83. The van der Waals surface area contributed by atoms with Crippen molar-refractivity contribution in [1.29, 1.82) is 0 Å². The molecule has 8 heteroatoms. The standard InChI is InChI=1S/C28H31N3O5/c1-35-21-8-6-19(7-9-21)20-16-25(32)24(26(33)17-20)18-29-10-11-30-12-14-31(15-13-30)27-22-4-2-3-5-23(22)28(34)36-27/h2-9,18,20,27,32H,10-17H2,1H3/t20?,27-/m0/s1. The number of esters is 1. The van der Waals surface area contributed by atoms with Crippen LogP contribution < -0.4 is 4.74 Å². The number of nitrogens with zero attached hydrogens (tertiary/aromatic N) is 3. The molecule has 2 atom stereocenters. The summed E-state index contributed by atoms with van der Waals surface area (Å²) in [5.41, 5.74) is 2.94. The maximum Gasteiger partial charge on any atom is 0.340 e. The molecule has 0 spiro atoms. The van der Waals surface area contributed by atoms with E-state index in [2.05, 4.69) is 14.8 Å². The lowest BCUT2D eigenvalue weighted by Gasteiger charge is -2.37. The SMILES string of the molecule is COc1ccc(C2CC(=O)C(C=NCCN3CCN([C@H]4OC(=O)c5ccccc54)CC3)=C(O)C2)cc1. The summed E-state index contributed by atoms with van der Waals surface area (Å²) in [4.78, 5) is 33.8. The molecule has 3 aliphatic rings. The Balaban J connectivity index is 1.10. The first-order chi connectivity index (χ1) is 17.5. The van der Waals surface area contributed by atoms with Crippen LogP contribution in [0.5, 0.6) is 5.75 Å². The number of cyclic esters (lactones) is 1. The molecule has 1 N–H and O–H groups in total. The van der Waals surface area contributed by atoms with Crippen LogP contribution in [0.3, 0.4) is 0 Å². The van der Waals surface area contributed by atoms with Gasteiger partial charge in [0, 0.05) is 57.3 Å². The highest BCUT2D eigenvalue weighted by Crippen LogP contribution is 2.35. The Bertz CT molecular complexity index is 1180. The third-order valence-corrected chi connectivity index (χ3v) is 7.24. The monoisotopic (exact) mass is 489 g/mol. The van der Waals surface area contributed by atoms with E-state index >= 15 is 0 Å². The van der Waals surface area contributed by atoms with E-state index in [9.17, 15) is 14.7 Å². The van der Waals surface area contributed by atoms with Crippen molar-refractivity contribution in [2.45, 2.75) is 25.0 Å². The van der Waals surface area contributed by atoms with E-state index in [4.69, 9.17) is 9.47 Å². The van der Waals surface area contributed by atoms with Crippen molar-refractivity contribution in [3.63, 3.8) is 0 Å². The molecule has 2 aromatic carbocycles. The van der Waals surface area contributed by atoms with E-state index in [1.807, 2.05) is 48.5 Å². The molecule has 0 bridgehead atoms. The van der Waals surface area contributed by atoms with E-state index in [0.29, 0.717) is 30.5 Å². The van der Waals surface area contributed by atoms with Crippen LogP contribution >= 0.6 is 0 Å². The highest BCUT2D eigenvalue weighted by atomic mass is 16.6. The number of methoxy groups -OCH3 is 1. The number of carbonyl (C=O) groups is 2. The molecule has 1 saturated heterocycles. The van der Waals surface area contributed by atoms with Gasteiger partial charge in [-0.05, 0) is 29.7 Å². The number of ketones is 1. The molecule has 188 valence electrons. The second-order valence-corrected chi connectivity index (χ2v) is 9.42. The van der Waals surface area contributed by atoms with Crippen molar-refractivity contribution in [3.8, 4) is 5.75 Å². The number of aliphatic hydroxyl groups is 1. The second-order valence-electron chi connectivity index (χ2n) is 9.42. The zero-order valence-electron chi connectivity index (χ0n) is 20.4. The predicted octanol–water partition coefficient (Wildman–Crippen LogP) is 3.51. The molecule has 0 aromatic heterocycles. The Labute approximate surface area is 210 Å². The Morgan fingerprint density at radius 3 is 2.53 bits per heavy atom. The van der Waals surface area contributed by atoms with Gasteiger partial charge in [-0.25, -0.2) is 4.79 Å². The second kappa shape index (κ2) is 10.6.